The minimum Gasteiger partial charge on any atom is -0.389 e. The van der Waals surface area contributed by atoms with E-state index in [0.717, 1.165) is 11.1 Å². The molecule has 0 unspecified atom stereocenters. The van der Waals surface area contributed by atoms with Crippen LogP contribution >= 0.6 is 0 Å². The van der Waals surface area contributed by atoms with Gasteiger partial charge in [-0.3, -0.25) is 9.10 Å². The van der Waals surface area contributed by atoms with Gasteiger partial charge in [-0.05, 0) is 60.4 Å². The third kappa shape index (κ3) is 6.21. The van der Waals surface area contributed by atoms with Crippen LogP contribution in [0.15, 0.2) is 120 Å². The largest absolute Gasteiger partial charge is 0.389 e. The van der Waals surface area contributed by atoms with E-state index in [1.54, 1.807) is 59.5 Å². The highest BCUT2D eigenvalue weighted by Gasteiger charge is 2.34. The van der Waals surface area contributed by atoms with Crippen LogP contribution in [0, 0.1) is 0 Å². The summed E-state index contributed by atoms with van der Waals surface area (Å²) in [7, 11) is -3.83. The first-order valence-corrected chi connectivity index (χ1v) is 14.6. The molecule has 200 valence electrons. The van der Waals surface area contributed by atoms with Gasteiger partial charge in [0, 0.05) is 25.1 Å². The van der Waals surface area contributed by atoms with Crippen molar-refractivity contribution in [3.8, 4) is 0 Å². The summed E-state index contributed by atoms with van der Waals surface area (Å²) >= 11 is 0. The van der Waals surface area contributed by atoms with Gasteiger partial charge in [0.2, 0.25) is 0 Å². The van der Waals surface area contributed by atoms with Gasteiger partial charge in [-0.2, -0.15) is 0 Å². The first kappa shape index (κ1) is 26.7. The topological polar surface area (TPSA) is 77.9 Å². The lowest BCUT2D eigenvalue weighted by Gasteiger charge is -2.38. The number of sulfonamides is 1. The van der Waals surface area contributed by atoms with Crippen molar-refractivity contribution in [2.45, 2.75) is 36.3 Å². The van der Waals surface area contributed by atoms with Crippen LogP contribution < -0.4 is 4.31 Å². The van der Waals surface area contributed by atoms with Gasteiger partial charge < -0.3 is 10.0 Å². The number of amides is 1. The van der Waals surface area contributed by atoms with E-state index in [1.807, 2.05) is 60.7 Å². The summed E-state index contributed by atoms with van der Waals surface area (Å²) in [6.45, 7) is 1.09. The molecule has 1 heterocycles. The predicted octanol–water partition coefficient (Wildman–Crippen LogP) is 5.29. The molecule has 1 saturated heterocycles. The molecule has 1 fully saturated rings. The maximum absolute atomic E-state index is 13.6. The van der Waals surface area contributed by atoms with Gasteiger partial charge in [0.25, 0.3) is 15.9 Å². The highest BCUT2D eigenvalue weighted by atomic mass is 32.2. The molecule has 7 heteroatoms. The molecule has 0 spiro atoms. The predicted molar refractivity (Wildman–Crippen MR) is 153 cm³/mol. The average Bonchev–Trinajstić information content (AvgIpc) is 2.97. The molecule has 0 saturated carbocycles. The van der Waals surface area contributed by atoms with E-state index in [2.05, 4.69) is 0 Å². The monoisotopic (exact) mass is 540 g/mol. The molecule has 0 atom stereocenters. The summed E-state index contributed by atoms with van der Waals surface area (Å²) in [4.78, 5) is 15.2. The molecule has 0 aliphatic carbocycles. The molecule has 0 radical (unpaired) electrons. The van der Waals surface area contributed by atoms with Crippen LogP contribution in [0.4, 0.5) is 5.69 Å². The zero-order chi connectivity index (χ0) is 27.3. The van der Waals surface area contributed by atoms with Gasteiger partial charge in [0.15, 0.2) is 0 Å². The number of hydrogen-bond acceptors (Lipinski definition) is 4. The highest BCUT2D eigenvalue weighted by molar-refractivity contribution is 7.92. The highest BCUT2D eigenvalue weighted by Crippen LogP contribution is 2.29. The van der Waals surface area contributed by atoms with Crippen molar-refractivity contribution >= 4 is 21.6 Å². The lowest BCUT2D eigenvalue weighted by atomic mass is 9.85. The first-order valence-electron chi connectivity index (χ1n) is 13.1. The number of hydrogen-bond donors (Lipinski definition) is 1. The Morgan fingerprint density at radius 3 is 1.82 bits per heavy atom. The second-order valence-electron chi connectivity index (χ2n) is 10.0. The number of carbonyl (C=O) groups excluding carboxylic acids is 1. The summed E-state index contributed by atoms with van der Waals surface area (Å²) in [5, 5.41) is 11.1. The molecular formula is C32H32N2O4S. The van der Waals surface area contributed by atoms with Crippen molar-refractivity contribution in [3.63, 3.8) is 0 Å². The molecule has 6 nitrogen and oxygen atoms in total. The fraction of sp³-hybridized carbons (Fsp3) is 0.219. The Hall–Kier alpha value is -3.94. The van der Waals surface area contributed by atoms with Crippen molar-refractivity contribution in [1.82, 2.24) is 4.90 Å². The van der Waals surface area contributed by atoms with E-state index in [9.17, 15) is 18.3 Å². The Morgan fingerprint density at radius 2 is 1.26 bits per heavy atom. The van der Waals surface area contributed by atoms with E-state index < -0.39 is 15.6 Å². The van der Waals surface area contributed by atoms with Gasteiger partial charge in [-0.25, -0.2) is 8.42 Å². The number of anilines is 1. The third-order valence-corrected chi connectivity index (χ3v) is 9.05. The second-order valence-corrected chi connectivity index (χ2v) is 11.9. The van der Waals surface area contributed by atoms with E-state index in [1.165, 1.54) is 4.31 Å². The molecule has 39 heavy (non-hydrogen) atoms. The van der Waals surface area contributed by atoms with Crippen molar-refractivity contribution in [2.24, 2.45) is 0 Å². The van der Waals surface area contributed by atoms with Crippen molar-refractivity contribution < 1.29 is 18.3 Å². The number of likely N-dealkylation sites (tertiary alicyclic amines) is 1. The normalized spacial score (nSPS) is 15.1. The van der Waals surface area contributed by atoms with Crippen molar-refractivity contribution in [1.29, 1.82) is 0 Å². The van der Waals surface area contributed by atoms with Crippen molar-refractivity contribution in [3.05, 3.63) is 132 Å². The first-order chi connectivity index (χ1) is 18.8. The lowest BCUT2D eigenvalue weighted by Crippen LogP contribution is -2.47. The molecule has 4 aromatic carbocycles. The van der Waals surface area contributed by atoms with Gasteiger partial charge in [-0.15, -0.1) is 0 Å². The Kier molecular flexibility index (Phi) is 7.82. The second kappa shape index (κ2) is 11.4. The summed E-state index contributed by atoms with van der Waals surface area (Å²) in [6, 6.07) is 34.4. The molecule has 0 aromatic heterocycles. The Morgan fingerprint density at radius 1 is 0.744 bits per heavy atom. The molecule has 4 aromatic rings. The van der Waals surface area contributed by atoms with Crippen LogP contribution in [0.25, 0.3) is 0 Å². The van der Waals surface area contributed by atoms with Gasteiger partial charge in [0.05, 0.1) is 22.7 Å². The third-order valence-electron chi connectivity index (χ3n) is 7.26. The number of carbonyl (C=O) groups is 1. The van der Waals surface area contributed by atoms with E-state index in [4.69, 9.17) is 0 Å². The fourth-order valence-electron chi connectivity index (χ4n) is 5.02. The smallest absolute Gasteiger partial charge is 0.264 e. The standard InChI is InChI=1S/C32H32N2O4S/c35-31(33-22-20-32(36,21-23-33)24-26-10-4-1-5-11-26)28-16-18-29(19-17-28)34(25-27-12-6-2-7-13-27)39(37,38)30-14-8-3-9-15-30/h1-19,36H,20-25H2. The van der Waals surface area contributed by atoms with Crippen LogP contribution in [-0.2, 0) is 23.0 Å². The molecule has 5 rings (SSSR count). The summed E-state index contributed by atoms with van der Waals surface area (Å²) < 4.78 is 28.6. The zero-order valence-electron chi connectivity index (χ0n) is 21.7. The van der Waals surface area contributed by atoms with Gasteiger partial charge in [-0.1, -0.05) is 78.9 Å². The Balaban J connectivity index is 1.32. The van der Waals surface area contributed by atoms with Crippen LogP contribution in [0.5, 0.6) is 0 Å². The van der Waals surface area contributed by atoms with Crippen LogP contribution in [0.1, 0.15) is 34.3 Å². The van der Waals surface area contributed by atoms with E-state index >= 15 is 0 Å². The number of rotatable bonds is 8. The SMILES string of the molecule is O=C(c1ccc(N(Cc2ccccc2)S(=O)(=O)c2ccccc2)cc1)N1CCC(O)(Cc2ccccc2)CC1. The minimum absolute atomic E-state index is 0.121. The maximum atomic E-state index is 13.6. The number of nitrogens with zero attached hydrogens (tertiary/aromatic N) is 2. The Bertz CT molecular complexity index is 1480. The molecule has 1 N–H and O–H groups in total. The maximum Gasteiger partial charge on any atom is 0.264 e. The van der Waals surface area contributed by atoms with Gasteiger partial charge >= 0.3 is 0 Å². The summed E-state index contributed by atoms with van der Waals surface area (Å²) in [6.07, 6.45) is 1.58. The fourth-order valence-corrected chi connectivity index (χ4v) is 6.49. The minimum atomic E-state index is -3.83. The number of aliphatic hydroxyl groups is 1. The van der Waals surface area contributed by atoms with Crippen LogP contribution in [0.3, 0.4) is 0 Å². The van der Waals surface area contributed by atoms with E-state index in [0.29, 0.717) is 43.6 Å². The van der Waals surface area contributed by atoms with Crippen LogP contribution in [0.2, 0.25) is 0 Å². The number of benzene rings is 4. The molecule has 0 bridgehead atoms. The summed E-state index contributed by atoms with van der Waals surface area (Å²) in [5.41, 5.74) is 2.08. The quantitative estimate of drug-likeness (QED) is 0.329. The average molecular weight is 541 g/mol. The molecule has 1 aliphatic heterocycles. The molecule has 1 amide bonds. The number of piperidine rings is 1. The molecule has 1 aliphatic rings. The van der Waals surface area contributed by atoms with Gasteiger partial charge in [0.1, 0.15) is 0 Å². The zero-order valence-corrected chi connectivity index (χ0v) is 22.5. The Labute approximate surface area is 230 Å². The van der Waals surface area contributed by atoms with E-state index in [-0.39, 0.29) is 17.3 Å². The van der Waals surface area contributed by atoms with Crippen LogP contribution in [-0.4, -0.2) is 43.0 Å². The summed E-state index contributed by atoms with van der Waals surface area (Å²) in [5.74, 6) is -0.121. The molecular weight excluding hydrogens is 508 g/mol. The lowest BCUT2D eigenvalue weighted by molar-refractivity contribution is -0.0162. The van der Waals surface area contributed by atoms with Crippen molar-refractivity contribution in [2.75, 3.05) is 17.4 Å².